The summed E-state index contributed by atoms with van der Waals surface area (Å²) in [6, 6.07) is 5.89. The fourth-order valence-corrected chi connectivity index (χ4v) is 2.43. The fourth-order valence-electron chi connectivity index (χ4n) is 2.43. The molecule has 0 radical (unpaired) electrons. The molecule has 1 heterocycles. The van der Waals surface area contributed by atoms with E-state index in [0.717, 1.165) is 26.1 Å². The second-order valence-corrected chi connectivity index (χ2v) is 5.03. The monoisotopic (exact) mass is 295 g/mol. The SMILES string of the molecule is CNC(=O)C1CNCCN1CCCOc1ccc(F)cc1. The van der Waals surface area contributed by atoms with Gasteiger partial charge in [0.25, 0.3) is 0 Å². The van der Waals surface area contributed by atoms with Gasteiger partial charge in [-0.1, -0.05) is 0 Å². The van der Waals surface area contributed by atoms with Crippen LogP contribution in [0.3, 0.4) is 0 Å². The van der Waals surface area contributed by atoms with Crippen molar-refractivity contribution in [3.05, 3.63) is 30.1 Å². The summed E-state index contributed by atoms with van der Waals surface area (Å²) in [5.41, 5.74) is 0. The molecule has 116 valence electrons. The minimum atomic E-state index is -0.267. The van der Waals surface area contributed by atoms with Gasteiger partial charge in [0.1, 0.15) is 17.6 Å². The summed E-state index contributed by atoms with van der Waals surface area (Å²) < 4.78 is 18.3. The zero-order chi connectivity index (χ0) is 15.1. The molecule has 1 saturated heterocycles. The maximum Gasteiger partial charge on any atom is 0.238 e. The number of piperazine rings is 1. The summed E-state index contributed by atoms with van der Waals surface area (Å²) in [5, 5.41) is 5.93. The van der Waals surface area contributed by atoms with Gasteiger partial charge in [0.15, 0.2) is 0 Å². The maximum absolute atomic E-state index is 12.8. The average Bonchev–Trinajstić information content (AvgIpc) is 2.53. The van der Waals surface area contributed by atoms with Gasteiger partial charge in [-0.15, -0.1) is 0 Å². The van der Waals surface area contributed by atoms with Crippen LogP contribution in [0, 0.1) is 5.82 Å². The summed E-state index contributed by atoms with van der Waals surface area (Å²) in [7, 11) is 1.66. The van der Waals surface area contributed by atoms with Crippen molar-refractivity contribution in [1.82, 2.24) is 15.5 Å². The van der Waals surface area contributed by atoms with Crippen molar-refractivity contribution in [2.45, 2.75) is 12.5 Å². The van der Waals surface area contributed by atoms with Crippen molar-refractivity contribution in [3.63, 3.8) is 0 Å². The van der Waals surface area contributed by atoms with E-state index in [-0.39, 0.29) is 17.8 Å². The van der Waals surface area contributed by atoms with E-state index in [1.54, 1.807) is 19.2 Å². The lowest BCUT2D eigenvalue weighted by molar-refractivity contribution is -0.126. The number of halogens is 1. The molecule has 1 atom stereocenters. The molecule has 0 aliphatic carbocycles. The molecule has 5 nitrogen and oxygen atoms in total. The Labute approximate surface area is 124 Å². The van der Waals surface area contributed by atoms with Crippen LogP contribution < -0.4 is 15.4 Å². The minimum absolute atomic E-state index is 0.0432. The van der Waals surface area contributed by atoms with E-state index >= 15 is 0 Å². The van der Waals surface area contributed by atoms with Crippen LogP contribution in [0.5, 0.6) is 5.75 Å². The highest BCUT2D eigenvalue weighted by molar-refractivity contribution is 5.81. The summed E-state index contributed by atoms with van der Waals surface area (Å²) in [6.07, 6.45) is 0.824. The number of likely N-dealkylation sites (N-methyl/N-ethyl adjacent to an activating group) is 1. The highest BCUT2D eigenvalue weighted by atomic mass is 19.1. The van der Waals surface area contributed by atoms with Gasteiger partial charge in [-0.05, 0) is 30.7 Å². The van der Waals surface area contributed by atoms with Gasteiger partial charge in [-0.3, -0.25) is 9.69 Å². The van der Waals surface area contributed by atoms with E-state index in [2.05, 4.69) is 15.5 Å². The molecule has 2 rings (SSSR count). The predicted molar refractivity (Wildman–Crippen MR) is 78.8 cm³/mol. The molecule has 0 spiro atoms. The van der Waals surface area contributed by atoms with Gasteiger partial charge in [-0.2, -0.15) is 0 Å². The number of nitrogens with one attached hydrogen (secondary N) is 2. The zero-order valence-electron chi connectivity index (χ0n) is 12.3. The van der Waals surface area contributed by atoms with Crippen molar-refractivity contribution in [1.29, 1.82) is 0 Å². The number of ether oxygens (including phenoxy) is 1. The lowest BCUT2D eigenvalue weighted by Crippen LogP contribution is -2.57. The van der Waals surface area contributed by atoms with Gasteiger partial charge in [0, 0.05) is 33.2 Å². The molecular weight excluding hydrogens is 273 g/mol. The largest absolute Gasteiger partial charge is 0.494 e. The molecule has 1 amide bonds. The summed E-state index contributed by atoms with van der Waals surface area (Å²) in [6.45, 7) is 3.79. The second-order valence-electron chi connectivity index (χ2n) is 5.03. The third kappa shape index (κ3) is 4.68. The van der Waals surface area contributed by atoms with Crippen LogP contribution in [0.4, 0.5) is 4.39 Å². The second kappa shape index (κ2) is 7.95. The lowest BCUT2D eigenvalue weighted by Gasteiger charge is -2.34. The molecule has 1 aliphatic rings. The van der Waals surface area contributed by atoms with E-state index in [1.807, 2.05) is 0 Å². The van der Waals surface area contributed by atoms with Crippen molar-refractivity contribution >= 4 is 5.91 Å². The van der Waals surface area contributed by atoms with Crippen molar-refractivity contribution in [3.8, 4) is 5.75 Å². The molecule has 1 aliphatic heterocycles. The number of nitrogens with zero attached hydrogens (tertiary/aromatic N) is 1. The molecule has 1 unspecified atom stereocenters. The van der Waals surface area contributed by atoms with Crippen LogP contribution in [0.2, 0.25) is 0 Å². The predicted octanol–water partition coefficient (Wildman–Crippen LogP) is 0.614. The number of hydrogen-bond acceptors (Lipinski definition) is 4. The number of carbonyl (C=O) groups excluding carboxylic acids is 1. The summed E-state index contributed by atoms with van der Waals surface area (Å²) >= 11 is 0. The average molecular weight is 295 g/mol. The molecule has 21 heavy (non-hydrogen) atoms. The highest BCUT2D eigenvalue weighted by Crippen LogP contribution is 2.11. The normalized spacial score (nSPS) is 19.2. The Morgan fingerprint density at radius 2 is 2.24 bits per heavy atom. The van der Waals surface area contributed by atoms with Crippen LogP contribution in [-0.2, 0) is 4.79 Å². The van der Waals surface area contributed by atoms with Crippen molar-refractivity contribution in [2.75, 3.05) is 39.8 Å². The molecule has 1 fully saturated rings. The third-order valence-electron chi connectivity index (χ3n) is 3.58. The van der Waals surface area contributed by atoms with E-state index in [1.165, 1.54) is 12.1 Å². The lowest BCUT2D eigenvalue weighted by atomic mass is 10.1. The van der Waals surface area contributed by atoms with E-state index in [0.29, 0.717) is 18.9 Å². The van der Waals surface area contributed by atoms with Gasteiger partial charge >= 0.3 is 0 Å². The first-order valence-electron chi connectivity index (χ1n) is 7.25. The highest BCUT2D eigenvalue weighted by Gasteiger charge is 2.27. The van der Waals surface area contributed by atoms with Crippen LogP contribution in [-0.4, -0.2) is 56.7 Å². The molecule has 0 aromatic heterocycles. The third-order valence-corrected chi connectivity index (χ3v) is 3.58. The van der Waals surface area contributed by atoms with E-state index < -0.39 is 0 Å². The molecule has 2 N–H and O–H groups in total. The van der Waals surface area contributed by atoms with Gasteiger partial charge < -0.3 is 15.4 Å². The fraction of sp³-hybridized carbons (Fsp3) is 0.533. The van der Waals surface area contributed by atoms with Gasteiger partial charge in [0.05, 0.1) is 6.61 Å². The first kappa shape index (κ1) is 15.7. The molecule has 0 saturated carbocycles. The molecule has 0 bridgehead atoms. The van der Waals surface area contributed by atoms with Crippen LogP contribution in [0.25, 0.3) is 0 Å². The minimum Gasteiger partial charge on any atom is -0.494 e. The quantitative estimate of drug-likeness (QED) is 0.755. The number of benzene rings is 1. The Hall–Kier alpha value is -1.66. The van der Waals surface area contributed by atoms with Crippen molar-refractivity contribution in [2.24, 2.45) is 0 Å². The maximum atomic E-state index is 12.8. The smallest absolute Gasteiger partial charge is 0.238 e. The first-order valence-corrected chi connectivity index (χ1v) is 7.25. The Balaban J connectivity index is 1.73. The number of amides is 1. The van der Waals surface area contributed by atoms with Gasteiger partial charge in [-0.25, -0.2) is 4.39 Å². The number of carbonyl (C=O) groups is 1. The summed E-state index contributed by atoms with van der Waals surface area (Å²) in [5.74, 6) is 0.442. The standard InChI is InChI=1S/C15H22FN3O2/c1-17-15(20)14-11-18-7-9-19(14)8-2-10-21-13-5-3-12(16)4-6-13/h3-6,14,18H,2,7-11H2,1H3,(H,17,20). The van der Waals surface area contributed by atoms with Gasteiger partial charge in [0.2, 0.25) is 5.91 Å². The molecular formula is C15H22FN3O2. The Morgan fingerprint density at radius 1 is 1.48 bits per heavy atom. The van der Waals surface area contributed by atoms with E-state index in [9.17, 15) is 9.18 Å². The first-order chi connectivity index (χ1) is 10.2. The van der Waals surface area contributed by atoms with Crippen LogP contribution in [0.1, 0.15) is 6.42 Å². The Morgan fingerprint density at radius 3 is 2.95 bits per heavy atom. The zero-order valence-corrected chi connectivity index (χ0v) is 12.3. The summed E-state index contributed by atoms with van der Waals surface area (Å²) in [4.78, 5) is 14.0. The topological polar surface area (TPSA) is 53.6 Å². The number of hydrogen-bond donors (Lipinski definition) is 2. The molecule has 1 aromatic carbocycles. The Kier molecular flexibility index (Phi) is 5.95. The number of rotatable bonds is 6. The van der Waals surface area contributed by atoms with Crippen LogP contribution >= 0.6 is 0 Å². The molecule has 1 aromatic rings. The van der Waals surface area contributed by atoms with E-state index in [4.69, 9.17) is 4.74 Å². The Bertz CT molecular complexity index is 453. The molecule has 6 heteroatoms. The van der Waals surface area contributed by atoms with Crippen molar-refractivity contribution < 1.29 is 13.9 Å². The van der Waals surface area contributed by atoms with Crippen LogP contribution in [0.15, 0.2) is 24.3 Å².